The number of hydrogen-bond acceptors (Lipinski definition) is 6. The first-order valence-electron chi connectivity index (χ1n) is 6.47. The molecule has 1 aliphatic heterocycles. The van der Waals surface area contributed by atoms with E-state index < -0.39 is 11.2 Å². The van der Waals surface area contributed by atoms with Gasteiger partial charge in [0.25, 0.3) is 0 Å². The fourth-order valence-electron chi connectivity index (χ4n) is 1.73. The molecule has 2 N–H and O–H groups in total. The van der Waals surface area contributed by atoms with Crippen molar-refractivity contribution in [1.82, 2.24) is 15.5 Å². The molecule has 0 bridgehead atoms. The van der Waals surface area contributed by atoms with Crippen LogP contribution in [0.3, 0.4) is 0 Å². The molecule has 1 heterocycles. The zero-order chi connectivity index (χ0) is 15.8. The summed E-state index contributed by atoms with van der Waals surface area (Å²) in [6.45, 7) is 2.02. The molecule has 4 amide bonds. The number of nitrogens with zero attached hydrogens (tertiary/aromatic N) is 1. The Morgan fingerprint density at radius 3 is 2.67 bits per heavy atom. The van der Waals surface area contributed by atoms with Crippen molar-refractivity contribution in [2.24, 2.45) is 0 Å². The monoisotopic (exact) mass is 317 g/mol. The largest absolute Gasteiger partial charge is 0.364 e. The third-order valence-corrected chi connectivity index (χ3v) is 3.91. The Labute approximate surface area is 126 Å². The van der Waals surface area contributed by atoms with Crippen LogP contribution in [0.15, 0.2) is 0 Å². The van der Waals surface area contributed by atoms with E-state index in [-0.39, 0.29) is 43.2 Å². The van der Waals surface area contributed by atoms with E-state index in [0.717, 1.165) is 16.7 Å². The van der Waals surface area contributed by atoms with Gasteiger partial charge in [-0.15, -0.1) is 11.8 Å². The smallest absolute Gasteiger partial charge is 0.243 e. The molecule has 118 valence electrons. The second kappa shape index (κ2) is 8.63. The van der Waals surface area contributed by atoms with Crippen LogP contribution in [0.5, 0.6) is 0 Å². The number of carbonyl (C=O) groups excluding carboxylic acids is 4. The Hall–Kier alpha value is -1.61. The van der Waals surface area contributed by atoms with Crippen LogP contribution in [-0.2, 0) is 23.9 Å². The number of ether oxygens (including phenoxy) is 1. The molecular formula is C12H19N3O5S. The molecule has 21 heavy (non-hydrogen) atoms. The van der Waals surface area contributed by atoms with Crippen LogP contribution >= 0.6 is 11.8 Å². The van der Waals surface area contributed by atoms with Gasteiger partial charge in [0.15, 0.2) is 0 Å². The van der Waals surface area contributed by atoms with Crippen LogP contribution in [0.4, 0.5) is 0 Å². The average Bonchev–Trinajstić information content (AvgIpc) is 2.70. The van der Waals surface area contributed by atoms with Crippen molar-refractivity contribution in [3.05, 3.63) is 0 Å². The number of thioether (sulfide) groups is 1. The maximum Gasteiger partial charge on any atom is 0.243 e. The van der Waals surface area contributed by atoms with E-state index in [1.807, 2.05) is 0 Å². The predicted octanol–water partition coefficient (Wildman–Crippen LogP) is -1.30. The summed E-state index contributed by atoms with van der Waals surface area (Å²) in [6, 6.07) is 0. The summed E-state index contributed by atoms with van der Waals surface area (Å²) in [6.07, 6.45) is 0.0143. The molecule has 8 nitrogen and oxygen atoms in total. The zero-order valence-corrected chi connectivity index (χ0v) is 12.8. The van der Waals surface area contributed by atoms with Crippen molar-refractivity contribution in [3.8, 4) is 0 Å². The normalized spacial score (nSPS) is 18.0. The highest BCUT2D eigenvalue weighted by Crippen LogP contribution is 2.24. The molecule has 1 fully saturated rings. The lowest BCUT2D eigenvalue weighted by molar-refractivity contribution is -0.142. The molecule has 0 radical (unpaired) electrons. The van der Waals surface area contributed by atoms with E-state index in [4.69, 9.17) is 4.74 Å². The van der Waals surface area contributed by atoms with Crippen LogP contribution in [0, 0.1) is 0 Å². The van der Waals surface area contributed by atoms with Crippen molar-refractivity contribution in [1.29, 1.82) is 0 Å². The lowest BCUT2D eigenvalue weighted by Crippen LogP contribution is -2.41. The lowest BCUT2D eigenvalue weighted by atomic mass is 10.4. The zero-order valence-electron chi connectivity index (χ0n) is 12.0. The number of carbonyl (C=O) groups is 4. The molecule has 1 rings (SSSR count). The van der Waals surface area contributed by atoms with Gasteiger partial charge in [0.05, 0.1) is 11.0 Å². The van der Waals surface area contributed by atoms with Gasteiger partial charge in [0.2, 0.25) is 23.6 Å². The topological polar surface area (TPSA) is 105 Å². The highest BCUT2D eigenvalue weighted by Gasteiger charge is 2.39. The van der Waals surface area contributed by atoms with Gasteiger partial charge in [0.1, 0.15) is 13.3 Å². The molecule has 0 saturated carbocycles. The molecule has 0 spiro atoms. The molecule has 1 saturated heterocycles. The van der Waals surface area contributed by atoms with Gasteiger partial charge in [-0.05, 0) is 6.92 Å². The number of imide groups is 1. The molecule has 0 aromatic rings. The van der Waals surface area contributed by atoms with Gasteiger partial charge in [-0.2, -0.15) is 0 Å². The van der Waals surface area contributed by atoms with Gasteiger partial charge >= 0.3 is 0 Å². The molecule has 1 atom stereocenters. The number of methoxy groups -OCH3 is 1. The van der Waals surface area contributed by atoms with E-state index in [1.165, 1.54) is 7.11 Å². The van der Waals surface area contributed by atoms with Gasteiger partial charge in [0, 0.05) is 20.1 Å². The van der Waals surface area contributed by atoms with Crippen LogP contribution in [0.2, 0.25) is 0 Å². The number of likely N-dealkylation sites (N-methyl/N-ethyl adjacent to an activating group) is 1. The highest BCUT2D eigenvalue weighted by atomic mass is 32.2. The second-order valence-corrected chi connectivity index (χ2v) is 5.50. The number of amides is 4. The summed E-state index contributed by atoms with van der Waals surface area (Å²) < 4.78 is 4.69. The minimum atomic E-state index is -0.611. The fraction of sp³-hybridized carbons (Fsp3) is 0.667. The number of likely N-dealkylation sites (tertiary alicyclic amines) is 1. The van der Waals surface area contributed by atoms with Gasteiger partial charge in [-0.1, -0.05) is 0 Å². The highest BCUT2D eigenvalue weighted by molar-refractivity contribution is 8.01. The fourth-order valence-corrected chi connectivity index (χ4v) is 2.71. The molecular weight excluding hydrogens is 298 g/mol. The first-order chi connectivity index (χ1) is 9.99. The Morgan fingerprint density at radius 1 is 1.33 bits per heavy atom. The van der Waals surface area contributed by atoms with Gasteiger partial charge in [-0.25, -0.2) is 0 Å². The number of hydrogen-bond donors (Lipinski definition) is 2. The summed E-state index contributed by atoms with van der Waals surface area (Å²) in [7, 11) is 1.45. The first kappa shape index (κ1) is 17.4. The van der Waals surface area contributed by atoms with E-state index in [0.29, 0.717) is 6.54 Å². The number of nitrogens with one attached hydrogen (secondary N) is 2. The van der Waals surface area contributed by atoms with Crippen molar-refractivity contribution < 1.29 is 23.9 Å². The third-order valence-electron chi connectivity index (χ3n) is 2.71. The number of rotatable bonds is 8. The average molecular weight is 317 g/mol. The molecule has 0 aromatic carbocycles. The lowest BCUT2D eigenvalue weighted by Gasteiger charge is -2.14. The molecule has 0 aliphatic carbocycles. The summed E-state index contributed by atoms with van der Waals surface area (Å²) in [5, 5.41) is 4.41. The first-order valence-corrected chi connectivity index (χ1v) is 7.52. The van der Waals surface area contributed by atoms with E-state index >= 15 is 0 Å². The van der Waals surface area contributed by atoms with Crippen molar-refractivity contribution >= 4 is 35.4 Å². The van der Waals surface area contributed by atoms with Crippen LogP contribution in [-0.4, -0.2) is 66.5 Å². The summed E-state index contributed by atoms with van der Waals surface area (Å²) in [5.41, 5.74) is 0. The third kappa shape index (κ3) is 5.35. The summed E-state index contributed by atoms with van der Waals surface area (Å²) >= 11 is 1.09. The van der Waals surface area contributed by atoms with Crippen molar-refractivity contribution in [2.75, 3.05) is 32.7 Å². The van der Waals surface area contributed by atoms with E-state index in [9.17, 15) is 19.2 Å². The summed E-state index contributed by atoms with van der Waals surface area (Å²) in [4.78, 5) is 47.6. The Bertz CT molecular complexity index is 429. The quantitative estimate of drug-likeness (QED) is 0.426. The summed E-state index contributed by atoms with van der Waals surface area (Å²) in [5.74, 6) is -1.40. The van der Waals surface area contributed by atoms with Gasteiger partial charge in [-0.3, -0.25) is 24.1 Å². The van der Waals surface area contributed by atoms with Crippen LogP contribution in [0.25, 0.3) is 0 Å². The Kier molecular flexibility index (Phi) is 7.17. The van der Waals surface area contributed by atoms with Crippen LogP contribution in [0.1, 0.15) is 13.3 Å². The predicted molar refractivity (Wildman–Crippen MR) is 76.3 cm³/mol. The maximum atomic E-state index is 12.0. The Balaban J connectivity index is 2.45. The van der Waals surface area contributed by atoms with E-state index in [1.54, 1.807) is 6.92 Å². The minimum Gasteiger partial charge on any atom is -0.364 e. The molecule has 1 unspecified atom stereocenters. The van der Waals surface area contributed by atoms with Crippen molar-refractivity contribution in [3.63, 3.8) is 0 Å². The van der Waals surface area contributed by atoms with Crippen molar-refractivity contribution in [2.45, 2.75) is 18.6 Å². The standard InChI is InChI=1S/C12H19N3O5S/c1-3-13-9(16)5-15-11(18)4-8(12(15)19)21-6-10(17)14-7-20-2/h8H,3-7H2,1-2H3,(H,13,16)(H,14,17). The molecule has 0 aromatic heterocycles. The molecule has 1 aliphatic rings. The maximum absolute atomic E-state index is 12.0. The van der Waals surface area contributed by atoms with Crippen LogP contribution < -0.4 is 10.6 Å². The minimum absolute atomic E-state index is 0.0143. The Morgan fingerprint density at radius 2 is 2.05 bits per heavy atom. The SMILES string of the molecule is CCNC(=O)CN1C(=O)CC(SCC(=O)NCOC)C1=O. The van der Waals surface area contributed by atoms with E-state index in [2.05, 4.69) is 10.6 Å². The van der Waals surface area contributed by atoms with Gasteiger partial charge < -0.3 is 15.4 Å². The molecule has 9 heteroatoms. The second-order valence-electron chi connectivity index (χ2n) is 4.31.